The summed E-state index contributed by atoms with van der Waals surface area (Å²) in [5, 5.41) is 0. The summed E-state index contributed by atoms with van der Waals surface area (Å²) in [6.45, 7) is 1.92. The largest absolute Gasteiger partial charge is 0.454 e. The highest BCUT2D eigenvalue weighted by Gasteiger charge is 2.54. The minimum Gasteiger partial charge on any atom is -0.454 e. The van der Waals surface area contributed by atoms with E-state index in [-0.39, 0.29) is 23.8 Å². The van der Waals surface area contributed by atoms with Crippen molar-refractivity contribution in [3.8, 4) is 0 Å². The molecule has 4 aliphatic carbocycles. The van der Waals surface area contributed by atoms with Gasteiger partial charge in [-0.15, -0.1) is 0 Å². The number of ketones is 1. The van der Waals surface area contributed by atoms with Gasteiger partial charge < -0.3 is 4.74 Å². The Hall–Kier alpha value is -1.64. The average Bonchev–Trinajstić information content (AvgIpc) is 2.51. The van der Waals surface area contributed by atoms with Gasteiger partial charge in [-0.1, -0.05) is 17.7 Å². The first kappa shape index (κ1) is 14.9. The molecule has 23 heavy (non-hydrogen) atoms. The van der Waals surface area contributed by atoms with Gasteiger partial charge in [-0.25, -0.2) is 4.79 Å². The highest BCUT2D eigenvalue weighted by Crippen LogP contribution is 2.60. The van der Waals surface area contributed by atoms with Crippen molar-refractivity contribution in [3.63, 3.8) is 0 Å². The van der Waals surface area contributed by atoms with Gasteiger partial charge >= 0.3 is 5.97 Å². The molecule has 4 saturated carbocycles. The molecule has 3 nitrogen and oxygen atoms in total. The van der Waals surface area contributed by atoms with Crippen LogP contribution in [0.3, 0.4) is 0 Å². The lowest BCUT2D eigenvalue weighted by Crippen LogP contribution is -2.51. The van der Waals surface area contributed by atoms with Crippen molar-refractivity contribution < 1.29 is 14.3 Å². The zero-order chi connectivity index (χ0) is 16.0. The van der Waals surface area contributed by atoms with Gasteiger partial charge in [0.25, 0.3) is 0 Å². The summed E-state index contributed by atoms with van der Waals surface area (Å²) >= 11 is 0. The molecule has 122 valence electrons. The summed E-state index contributed by atoms with van der Waals surface area (Å²) in [4.78, 5) is 24.9. The third kappa shape index (κ3) is 2.71. The molecule has 1 aromatic carbocycles. The monoisotopic (exact) mass is 312 g/mol. The van der Waals surface area contributed by atoms with Gasteiger partial charge in [0.1, 0.15) is 0 Å². The van der Waals surface area contributed by atoms with Crippen molar-refractivity contribution in [2.45, 2.75) is 45.4 Å². The molecule has 0 radical (unpaired) electrons. The van der Waals surface area contributed by atoms with Gasteiger partial charge in [-0.3, -0.25) is 4.79 Å². The number of rotatable bonds is 4. The van der Waals surface area contributed by atoms with E-state index < -0.39 is 0 Å². The van der Waals surface area contributed by atoms with Crippen molar-refractivity contribution in [3.05, 3.63) is 35.4 Å². The minimum atomic E-state index is -0.386. The Kier molecular flexibility index (Phi) is 3.55. The van der Waals surface area contributed by atoms with Crippen LogP contribution in [-0.4, -0.2) is 18.4 Å². The molecule has 0 saturated heterocycles. The van der Waals surface area contributed by atoms with Crippen LogP contribution >= 0.6 is 0 Å². The molecule has 1 aromatic rings. The van der Waals surface area contributed by atoms with E-state index in [0.29, 0.717) is 5.56 Å². The fraction of sp³-hybridized carbons (Fsp3) is 0.600. The molecule has 5 rings (SSSR count). The van der Waals surface area contributed by atoms with Crippen molar-refractivity contribution >= 4 is 11.8 Å². The van der Waals surface area contributed by atoms with Crippen LogP contribution in [0, 0.1) is 30.1 Å². The van der Waals surface area contributed by atoms with Gasteiger partial charge in [0.15, 0.2) is 12.4 Å². The van der Waals surface area contributed by atoms with Crippen LogP contribution in [0.1, 0.15) is 54.4 Å². The highest BCUT2D eigenvalue weighted by molar-refractivity contribution is 5.93. The smallest absolute Gasteiger partial charge is 0.338 e. The lowest BCUT2D eigenvalue weighted by molar-refractivity contribution is -0.147. The summed E-state index contributed by atoms with van der Waals surface area (Å²) in [5.41, 5.74) is 1.45. The number of carbonyl (C=O) groups is 2. The Labute approximate surface area is 137 Å². The molecule has 4 bridgehead atoms. The van der Waals surface area contributed by atoms with Gasteiger partial charge in [-0.2, -0.15) is 0 Å². The molecule has 0 N–H and O–H groups in total. The van der Waals surface area contributed by atoms with Crippen LogP contribution in [0.25, 0.3) is 0 Å². The highest BCUT2D eigenvalue weighted by atomic mass is 16.5. The maximum atomic E-state index is 12.8. The standard InChI is InChI=1S/C20H24O3/c1-13-2-4-17(5-3-13)19(22)23-12-18(21)20-9-14-6-15(10-20)8-16(7-14)11-20/h2-5,14-16H,6-12H2,1H3. The summed E-state index contributed by atoms with van der Waals surface area (Å²) < 4.78 is 5.33. The summed E-state index contributed by atoms with van der Waals surface area (Å²) in [7, 11) is 0. The number of hydrogen-bond acceptors (Lipinski definition) is 3. The molecule has 0 amide bonds. The van der Waals surface area contributed by atoms with Gasteiger partial charge in [-0.05, 0) is 75.3 Å². The molecule has 0 spiro atoms. The molecule has 0 aromatic heterocycles. The summed E-state index contributed by atoms with van der Waals surface area (Å²) in [5.74, 6) is 1.98. The third-order valence-electron chi connectivity index (χ3n) is 6.25. The number of hydrogen-bond donors (Lipinski definition) is 0. The first-order valence-corrected chi connectivity index (χ1v) is 8.81. The quantitative estimate of drug-likeness (QED) is 0.791. The number of Topliss-reactive ketones (excluding diaryl/α,β-unsaturated/α-hetero) is 1. The zero-order valence-electron chi connectivity index (χ0n) is 13.7. The van der Waals surface area contributed by atoms with Gasteiger partial charge in [0.2, 0.25) is 0 Å². The first-order chi connectivity index (χ1) is 11.0. The van der Waals surface area contributed by atoms with Crippen LogP contribution in [0.2, 0.25) is 0 Å². The lowest BCUT2D eigenvalue weighted by atomic mass is 9.48. The second kappa shape index (κ2) is 5.47. The molecule has 0 aliphatic heterocycles. The van der Waals surface area contributed by atoms with E-state index in [2.05, 4.69) is 0 Å². The maximum Gasteiger partial charge on any atom is 0.338 e. The van der Waals surface area contributed by atoms with E-state index in [1.807, 2.05) is 19.1 Å². The molecule has 0 heterocycles. The van der Waals surface area contributed by atoms with Crippen molar-refractivity contribution in [1.29, 1.82) is 0 Å². The van der Waals surface area contributed by atoms with Crippen molar-refractivity contribution in [1.82, 2.24) is 0 Å². The van der Waals surface area contributed by atoms with E-state index in [0.717, 1.165) is 42.6 Å². The van der Waals surface area contributed by atoms with Crippen molar-refractivity contribution in [2.24, 2.45) is 23.2 Å². The fourth-order valence-corrected chi connectivity index (χ4v) is 5.51. The minimum absolute atomic E-state index is 0.0567. The Morgan fingerprint density at radius 3 is 2.04 bits per heavy atom. The predicted molar refractivity (Wildman–Crippen MR) is 87.1 cm³/mol. The Morgan fingerprint density at radius 1 is 1.00 bits per heavy atom. The normalized spacial score (nSPS) is 34.4. The number of aryl methyl sites for hydroxylation is 1. The van der Waals surface area contributed by atoms with Crippen LogP contribution < -0.4 is 0 Å². The average molecular weight is 312 g/mol. The molecular formula is C20H24O3. The fourth-order valence-electron chi connectivity index (χ4n) is 5.51. The van der Waals surface area contributed by atoms with E-state index in [4.69, 9.17) is 4.74 Å². The van der Waals surface area contributed by atoms with Gasteiger partial charge in [0.05, 0.1) is 5.56 Å². The Balaban J connectivity index is 1.40. The SMILES string of the molecule is Cc1ccc(C(=O)OCC(=O)C23CC4CC(CC(C4)C2)C3)cc1. The van der Waals surface area contributed by atoms with E-state index in [9.17, 15) is 9.59 Å². The second-order valence-electron chi connectivity index (χ2n) is 8.06. The molecular weight excluding hydrogens is 288 g/mol. The van der Waals surface area contributed by atoms with Crippen LogP contribution in [0.4, 0.5) is 0 Å². The Bertz CT molecular complexity index is 594. The third-order valence-corrected chi connectivity index (χ3v) is 6.25. The number of esters is 1. The van der Waals surface area contributed by atoms with Crippen LogP contribution in [0.5, 0.6) is 0 Å². The van der Waals surface area contributed by atoms with Crippen LogP contribution in [-0.2, 0) is 9.53 Å². The first-order valence-electron chi connectivity index (χ1n) is 8.81. The Morgan fingerprint density at radius 2 is 1.52 bits per heavy atom. The van der Waals surface area contributed by atoms with E-state index >= 15 is 0 Å². The number of carbonyl (C=O) groups excluding carboxylic acids is 2. The van der Waals surface area contributed by atoms with Gasteiger partial charge in [0, 0.05) is 5.41 Å². The number of benzene rings is 1. The maximum absolute atomic E-state index is 12.8. The molecule has 4 aliphatic rings. The molecule has 0 atom stereocenters. The topological polar surface area (TPSA) is 43.4 Å². The van der Waals surface area contributed by atoms with Crippen molar-refractivity contribution in [2.75, 3.05) is 6.61 Å². The van der Waals surface area contributed by atoms with E-state index in [1.165, 1.54) is 19.3 Å². The zero-order valence-corrected chi connectivity index (χ0v) is 13.7. The number of ether oxygens (including phenoxy) is 1. The molecule has 4 fully saturated rings. The molecule has 3 heteroatoms. The van der Waals surface area contributed by atoms with E-state index in [1.54, 1.807) is 12.1 Å². The predicted octanol–water partition coefficient (Wildman–Crippen LogP) is 3.94. The second-order valence-corrected chi connectivity index (χ2v) is 8.06. The van der Waals surface area contributed by atoms with Crippen LogP contribution in [0.15, 0.2) is 24.3 Å². The lowest BCUT2D eigenvalue weighted by Gasteiger charge is -2.55. The molecule has 0 unspecified atom stereocenters. The summed E-state index contributed by atoms with van der Waals surface area (Å²) in [6.07, 6.45) is 7.03. The summed E-state index contributed by atoms with van der Waals surface area (Å²) in [6, 6.07) is 7.29.